The van der Waals surface area contributed by atoms with Gasteiger partial charge in [-0.1, -0.05) is 6.07 Å². The van der Waals surface area contributed by atoms with Gasteiger partial charge in [0.2, 0.25) is 5.43 Å². The molecule has 1 aromatic heterocycles. The molecule has 0 bridgehead atoms. The van der Waals surface area contributed by atoms with Crippen LogP contribution >= 0.6 is 12.4 Å². The van der Waals surface area contributed by atoms with E-state index in [1.165, 1.54) is 16.8 Å². The summed E-state index contributed by atoms with van der Waals surface area (Å²) in [6.07, 6.45) is 2.42. The molecule has 2 aliphatic rings. The summed E-state index contributed by atoms with van der Waals surface area (Å²) >= 11 is 0. The molecule has 2 heterocycles. The van der Waals surface area contributed by atoms with Crippen molar-refractivity contribution in [1.82, 2.24) is 14.8 Å². The van der Waals surface area contributed by atoms with Crippen LogP contribution in [0.1, 0.15) is 53.1 Å². The summed E-state index contributed by atoms with van der Waals surface area (Å²) < 4.78 is 33.8. The van der Waals surface area contributed by atoms with Crippen molar-refractivity contribution in [1.29, 1.82) is 0 Å². The summed E-state index contributed by atoms with van der Waals surface area (Å²) in [6.45, 7) is 3.72. The average molecular weight is 498 g/mol. The number of nitrogens with zero attached hydrogens (tertiary/aromatic N) is 2. The van der Waals surface area contributed by atoms with Gasteiger partial charge in [0, 0.05) is 44.1 Å². The lowest BCUT2D eigenvalue weighted by Crippen LogP contribution is -2.68. The van der Waals surface area contributed by atoms with Gasteiger partial charge in [-0.2, -0.15) is 0 Å². The second-order valence-corrected chi connectivity index (χ2v) is 8.87. The zero-order chi connectivity index (χ0) is 24.1. The number of amides is 2. The van der Waals surface area contributed by atoms with Crippen molar-refractivity contribution in [3.63, 3.8) is 0 Å². The van der Waals surface area contributed by atoms with Crippen LogP contribution in [0.3, 0.4) is 0 Å². The molecule has 0 radical (unpaired) electrons. The minimum Gasteiger partial charge on any atom is -0.503 e. The fourth-order valence-corrected chi connectivity index (χ4v) is 4.88. The van der Waals surface area contributed by atoms with Crippen LogP contribution in [0.2, 0.25) is 0 Å². The van der Waals surface area contributed by atoms with E-state index in [0.717, 1.165) is 6.07 Å². The Bertz CT molecular complexity index is 1190. The molecule has 1 fully saturated rings. The van der Waals surface area contributed by atoms with E-state index in [4.69, 9.17) is 4.74 Å². The first-order valence-electron chi connectivity index (χ1n) is 10.6. The fourth-order valence-electron chi connectivity index (χ4n) is 4.88. The monoisotopic (exact) mass is 497 g/mol. The Kier molecular flexibility index (Phi) is 7.05. The molecule has 0 unspecified atom stereocenters. The van der Waals surface area contributed by atoms with Crippen molar-refractivity contribution in [3.8, 4) is 5.75 Å². The summed E-state index contributed by atoms with van der Waals surface area (Å²) in [5, 5.41) is 13.0. The second kappa shape index (κ2) is 9.34. The van der Waals surface area contributed by atoms with Crippen molar-refractivity contribution in [2.45, 2.75) is 57.5 Å². The van der Waals surface area contributed by atoms with Crippen LogP contribution < -0.4 is 10.7 Å². The largest absolute Gasteiger partial charge is 0.503 e. The zero-order valence-corrected chi connectivity index (χ0v) is 19.7. The molecule has 184 valence electrons. The Balaban J connectivity index is 0.00000324. The molecule has 2 amide bonds. The number of hydrogen-bond donors (Lipinski definition) is 2. The third-order valence-electron chi connectivity index (χ3n) is 6.42. The molecule has 8 nitrogen and oxygen atoms in total. The standard InChI is InChI=1S/C23H25F2N3O5.ClH/c1-12(2)28-22(32)18-20(30)19(29)16(10-27(18)11-23(28)7-15(8-23)33-3)21(31)26-9-13-4-5-14(24)6-17(13)25;/h4-6,10,12,15,30H,7-9,11H2,1-3H3,(H,26,31);1H. The molecule has 1 saturated carbocycles. The average Bonchev–Trinajstić information content (AvgIpc) is 2.72. The number of methoxy groups -OCH3 is 1. The van der Waals surface area contributed by atoms with E-state index >= 15 is 0 Å². The molecular formula is C23H26ClF2N3O5. The van der Waals surface area contributed by atoms with Crippen molar-refractivity contribution in [2.75, 3.05) is 7.11 Å². The van der Waals surface area contributed by atoms with Gasteiger partial charge in [0.15, 0.2) is 11.4 Å². The number of nitrogens with one attached hydrogen (secondary N) is 1. The fraction of sp³-hybridized carbons (Fsp3) is 0.435. The Hall–Kier alpha value is -2.98. The Morgan fingerprint density at radius 3 is 2.56 bits per heavy atom. The topological polar surface area (TPSA) is 101 Å². The minimum absolute atomic E-state index is 0. The molecule has 2 aromatic rings. The molecule has 1 spiro atoms. The van der Waals surface area contributed by atoms with Crippen LogP contribution in [0.15, 0.2) is 29.2 Å². The lowest BCUT2D eigenvalue weighted by Gasteiger charge is -2.57. The number of carbonyl (C=O) groups excluding carboxylic acids is 2. The van der Waals surface area contributed by atoms with E-state index in [0.29, 0.717) is 18.9 Å². The third kappa shape index (κ3) is 4.16. The number of pyridine rings is 1. The number of benzene rings is 1. The highest BCUT2D eigenvalue weighted by molar-refractivity contribution is 5.99. The molecule has 1 aliphatic carbocycles. The van der Waals surface area contributed by atoms with Gasteiger partial charge in [-0.05, 0) is 32.8 Å². The van der Waals surface area contributed by atoms with Crippen LogP contribution in [0.5, 0.6) is 5.75 Å². The van der Waals surface area contributed by atoms with Crippen LogP contribution in [-0.4, -0.2) is 51.2 Å². The quantitative estimate of drug-likeness (QED) is 0.661. The predicted molar refractivity (Wildman–Crippen MR) is 121 cm³/mol. The van der Waals surface area contributed by atoms with E-state index in [1.54, 1.807) is 12.0 Å². The molecule has 0 atom stereocenters. The van der Waals surface area contributed by atoms with Crippen LogP contribution in [0, 0.1) is 11.6 Å². The highest BCUT2D eigenvalue weighted by Crippen LogP contribution is 2.45. The van der Waals surface area contributed by atoms with Gasteiger partial charge in [0.1, 0.15) is 17.2 Å². The second-order valence-electron chi connectivity index (χ2n) is 8.87. The summed E-state index contributed by atoms with van der Waals surface area (Å²) in [5.41, 5.74) is -2.04. The lowest BCUT2D eigenvalue weighted by molar-refractivity contribution is -0.101. The zero-order valence-electron chi connectivity index (χ0n) is 18.9. The third-order valence-corrected chi connectivity index (χ3v) is 6.42. The number of ether oxygens (including phenoxy) is 1. The van der Waals surface area contributed by atoms with Crippen molar-refractivity contribution in [2.24, 2.45) is 0 Å². The Morgan fingerprint density at radius 2 is 1.97 bits per heavy atom. The van der Waals surface area contributed by atoms with Gasteiger partial charge in [-0.15, -0.1) is 12.4 Å². The van der Waals surface area contributed by atoms with E-state index in [-0.39, 0.29) is 54.5 Å². The molecule has 4 rings (SSSR count). The predicted octanol–water partition coefficient (Wildman–Crippen LogP) is 2.60. The first-order valence-corrected chi connectivity index (χ1v) is 10.6. The molecule has 11 heteroatoms. The van der Waals surface area contributed by atoms with Gasteiger partial charge in [-0.25, -0.2) is 8.78 Å². The molecular weight excluding hydrogens is 472 g/mol. The van der Waals surface area contributed by atoms with E-state index in [2.05, 4.69) is 5.32 Å². The molecule has 34 heavy (non-hydrogen) atoms. The summed E-state index contributed by atoms with van der Waals surface area (Å²) in [5.74, 6) is -3.71. The molecule has 0 saturated heterocycles. The Morgan fingerprint density at radius 1 is 1.29 bits per heavy atom. The van der Waals surface area contributed by atoms with E-state index < -0.39 is 40.2 Å². The summed E-state index contributed by atoms with van der Waals surface area (Å²) in [4.78, 5) is 40.4. The summed E-state index contributed by atoms with van der Waals surface area (Å²) in [6, 6.07) is 2.76. The number of rotatable bonds is 5. The van der Waals surface area contributed by atoms with Crippen LogP contribution in [-0.2, 0) is 17.8 Å². The molecule has 1 aliphatic heterocycles. The van der Waals surface area contributed by atoms with Gasteiger partial charge < -0.3 is 24.6 Å². The summed E-state index contributed by atoms with van der Waals surface area (Å²) in [7, 11) is 1.60. The van der Waals surface area contributed by atoms with Crippen LogP contribution in [0.4, 0.5) is 8.78 Å². The number of halogens is 3. The maximum Gasteiger partial charge on any atom is 0.275 e. The highest BCUT2D eigenvalue weighted by atomic mass is 35.5. The first kappa shape index (κ1) is 25.6. The number of fused-ring (bicyclic) bond motifs is 1. The van der Waals surface area contributed by atoms with Crippen molar-refractivity contribution in [3.05, 3.63) is 63.1 Å². The smallest absolute Gasteiger partial charge is 0.275 e. The molecule has 1 aromatic carbocycles. The van der Waals surface area contributed by atoms with Gasteiger partial charge >= 0.3 is 0 Å². The molecule has 2 N–H and O–H groups in total. The van der Waals surface area contributed by atoms with Gasteiger partial charge in [-0.3, -0.25) is 14.4 Å². The normalized spacial score (nSPS) is 21.2. The highest BCUT2D eigenvalue weighted by Gasteiger charge is 2.55. The van der Waals surface area contributed by atoms with Crippen molar-refractivity contribution < 1.29 is 28.2 Å². The van der Waals surface area contributed by atoms with Gasteiger partial charge in [0.25, 0.3) is 11.8 Å². The maximum absolute atomic E-state index is 13.9. The van der Waals surface area contributed by atoms with Gasteiger partial charge in [0.05, 0.1) is 11.6 Å². The van der Waals surface area contributed by atoms with Crippen molar-refractivity contribution >= 4 is 24.2 Å². The van der Waals surface area contributed by atoms with E-state index in [1.807, 2.05) is 13.8 Å². The Labute approximate surface area is 200 Å². The lowest BCUT2D eigenvalue weighted by atomic mass is 9.70. The minimum atomic E-state index is -0.991. The first-order chi connectivity index (χ1) is 15.6. The van der Waals surface area contributed by atoms with E-state index in [9.17, 15) is 28.3 Å². The number of aromatic nitrogens is 1. The maximum atomic E-state index is 13.9. The number of hydrogen-bond acceptors (Lipinski definition) is 5. The number of carbonyl (C=O) groups is 2. The number of aromatic hydroxyl groups is 1. The van der Waals surface area contributed by atoms with Crippen LogP contribution in [0.25, 0.3) is 0 Å². The SMILES string of the molecule is COC1CC2(C1)Cn1cc(C(=O)NCc3ccc(F)cc3F)c(=O)c(O)c1C(=O)N2C(C)C.Cl.